The van der Waals surface area contributed by atoms with E-state index < -0.39 is 0 Å². The van der Waals surface area contributed by atoms with E-state index in [2.05, 4.69) is 12.2 Å². The molecule has 1 amide bonds. The highest BCUT2D eigenvalue weighted by atomic mass is 16.5. The third-order valence-corrected chi connectivity index (χ3v) is 2.63. The van der Waals surface area contributed by atoms with Crippen molar-refractivity contribution in [2.24, 2.45) is 11.8 Å². The van der Waals surface area contributed by atoms with E-state index in [0.717, 1.165) is 19.6 Å². The number of fused-ring (bicyclic) bond motifs is 1. The molecular weight excluding hydrogens is 142 g/mol. The van der Waals surface area contributed by atoms with Crippen LogP contribution in [0.2, 0.25) is 0 Å². The Morgan fingerprint density at radius 1 is 1.64 bits per heavy atom. The molecule has 2 fully saturated rings. The largest absolute Gasteiger partial charge is 0.377 e. The van der Waals surface area contributed by atoms with Crippen molar-refractivity contribution in [2.75, 3.05) is 13.2 Å². The smallest absolute Gasteiger partial charge is 0.225 e. The van der Waals surface area contributed by atoms with E-state index in [1.54, 1.807) is 0 Å². The Hall–Kier alpha value is -0.570. The van der Waals surface area contributed by atoms with Crippen LogP contribution in [-0.4, -0.2) is 25.2 Å². The molecule has 0 bridgehead atoms. The number of hydrogen-bond donors (Lipinski definition) is 1. The minimum absolute atomic E-state index is 0.138. The van der Waals surface area contributed by atoms with Gasteiger partial charge < -0.3 is 10.1 Å². The van der Waals surface area contributed by atoms with E-state index >= 15 is 0 Å². The Morgan fingerprint density at radius 3 is 3.18 bits per heavy atom. The van der Waals surface area contributed by atoms with Gasteiger partial charge in [0.25, 0.3) is 0 Å². The molecule has 2 rings (SSSR count). The van der Waals surface area contributed by atoms with E-state index in [1.807, 2.05) is 0 Å². The maximum atomic E-state index is 11.2. The molecule has 3 unspecified atom stereocenters. The second-order valence-corrected chi connectivity index (χ2v) is 3.45. The number of carbonyl (C=O) groups excluding carboxylic acids is 1. The molecule has 0 aromatic rings. The summed E-state index contributed by atoms with van der Waals surface area (Å²) in [7, 11) is 0. The predicted molar refractivity (Wildman–Crippen MR) is 40.0 cm³/mol. The number of nitrogens with one attached hydrogen (secondary N) is 1. The first-order chi connectivity index (χ1) is 5.29. The molecule has 3 nitrogen and oxygen atoms in total. The quantitative estimate of drug-likeness (QED) is 0.541. The van der Waals surface area contributed by atoms with Gasteiger partial charge in [0.1, 0.15) is 0 Å². The average molecular weight is 155 g/mol. The van der Waals surface area contributed by atoms with Crippen molar-refractivity contribution in [1.29, 1.82) is 0 Å². The fourth-order valence-corrected chi connectivity index (χ4v) is 1.96. The van der Waals surface area contributed by atoms with E-state index in [9.17, 15) is 4.79 Å². The monoisotopic (exact) mass is 155 g/mol. The van der Waals surface area contributed by atoms with Crippen LogP contribution in [0.3, 0.4) is 0 Å². The van der Waals surface area contributed by atoms with Gasteiger partial charge >= 0.3 is 0 Å². The summed E-state index contributed by atoms with van der Waals surface area (Å²) in [4.78, 5) is 11.2. The zero-order valence-corrected chi connectivity index (χ0v) is 6.67. The van der Waals surface area contributed by atoms with Crippen LogP contribution < -0.4 is 5.32 Å². The van der Waals surface area contributed by atoms with Gasteiger partial charge in [-0.1, -0.05) is 6.92 Å². The zero-order chi connectivity index (χ0) is 7.84. The van der Waals surface area contributed by atoms with Gasteiger partial charge in [-0.15, -0.1) is 0 Å². The van der Waals surface area contributed by atoms with Crippen LogP contribution in [0.15, 0.2) is 0 Å². The zero-order valence-electron chi connectivity index (χ0n) is 6.67. The second kappa shape index (κ2) is 2.48. The molecule has 62 valence electrons. The third kappa shape index (κ3) is 1.03. The number of piperidine rings is 1. The summed E-state index contributed by atoms with van der Waals surface area (Å²) in [5.74, 6) is 0.810. The molecule has 2 aliphatic rings. The highest BCUT2D eigenvalue weighted by Gasteiger charge is 2.40. The number of carbonyl (C=O) groups is 1. The van der Waals surface area contributed by atoms with Crippen LogP contribution in [0.5, 0.6) is 0 Å². The number of amides is 1. The SMILES string of the molecule is CC1CNC(=O)C2CCOC12. The fourth-order valence-electron chi connectivity index (χ4n) is 1.96. The van der Waals surface area contributed by atoms with Gasteiger partial charge in [-0.3, -0.25) is 4.79 Å². The lowest BCUT2D eigenvalue weighted by Crippen LogP contribution is -2.48. The third-order valence-electron chi connectivity index (χ3n) is 2.63. The fraction of sp³-hybridized carbons (Fsp3) is 0.875. The van der Waals surface area contributed by atoms with Crippen LogP contribution in [0, 0.1) is 11.8 Å². The Kier molecular flexibility index (Phi) is 1.60. The number of hydrogen-bond acceptors (Lipinski definition) is 2. The Bertz CT molecular complexity index is 181. The normalized spacial score (nSPS) is 43.4. The lowest BCUT2D eigenvalue weighted by molar-refractivity contribution is -0.131. The maximum Gasteiger partial charge on any atom is 0.225 e. The van der Waals surface area contributed by atoms with Gasteiger partial charge in [0.15, 0.2) is 0 Å². The molecule has 3 heteroatoms. The van der Waals surface area contributed by atoms with Crippen molar-refractivity contribution in [3.63, 3.8) is 0 Å². The lowest BCUT2D eigenvalue weighted by atomic mass is 9.88. The minimum atomic E-state index is 0.138. The molecule has 2 saturated heterocycles. The molecule has 2 aliphatic heterocycles. The molecule has 2 heterocycles. The van der Waals surface area contributed by atoms with Gasteiger partial charge in [0.2, 0.25) is 5.91 Å². The van der Waals surface area contributed by atoms with Crippen LogP contribution in [0.1, 0.15) is 13.3 Å². The maximum absolute atomic E-state index is 11.2. The van der Waals surface area contributed by atoms with Crippen molar-refractivity contribution < 1.29 is 9.53 Å². The van der Waals surface area contributed by atoms with E-state index in [1.165, 1.54) is 0 Å². The summed E-state index contributed by atoms with van der Waals surface area (Å²) < 4.78 is 5.48. The topological polar surface area (TPSA) is 38.3 Å². The lowest BCUT2D eigenvalue weighted by Gasteiger charge is -2.29. The molecule has 1 N–H and O–H groups in total. The first kappa shape index (κ1) is 7.10. The Morgan fingerprint density at radius 2 is 2.45 bits per heavy atom. The van der Waals surface area contributed by atoms with Crippen molar-refractivity contribution in [3.8, 4) is 0 Å². The minimum Gasteiger partial charge on any atom is -0.377 e. The standard InChI is InChI=1S/C8H13NO2/c1-5-4-9-8(10)6-2-3-11-7(5)6/h5-7H,2-4H2,1H3,(H,9,10). The molecular formula is C8H13NO2. The highest BCUT2D eigenvalue weighted by Crippen LogP contribution is 2.29. The molecule has 3 atom stereocenters. The van der Waals surface area contributed by atoms with Crippen molar-refractivity contribution >= 4 is 5.91 Å². The molecule has 0 spiro atoms. The summed E-state index contributed by atoms with van der Waals surface area (Å²) in [5.41, 5.74) is 0. The summed E-state index contributed by atoms with van der Waals surface area (Å²) in [6.07, 6.45) is 1.10. The predicted octanol–water partition coefficient (Wildman–Crippen LogP) is 0.157. The molecule has 0 aromatic heterocycles. The first-order valence-corrected chi connectivity index (χ1v) is 4.18. The van der Waals surface area contributed by atoms with E-state index in [0.29, 0.717) is 5.92 Å². The van der Waals surface area contributed by atoms with Crippen molar-refractivity contribution in [1.82, 2.24) is 5.32 Å². The summed E-state index contributed by atoms with van der Waals surface area (Å²) in [6, 6.07) is 0. The Labute approximate surface area is 66.1 Å². The van der Waals surface area contributed by atoms with Gasteiger partial charge in [0, 0.05) is 19.1 Å². The van der Waals surface area contributed by atoms with Gasteiger partial charge in [-0.05, 0) is 6.42 Å². The molecule has 0 aliphatic carbocycles. The van der Waals surface area contributed by atoms with Crippen LogP contribution in [0.4, 0.5) is 0 Å². The van der Waals surface area contributed by atoms with Gasteiger partial charge in [-0.25, -0.2) is 0 Å². The average Bonchev–Trinajstić information content (AvgIpc) is 2.45. The Balaban J connectivity index is 2.14. The summed E-state index contributed by atoms with van der Waals surface area (Å²) in [6.45, 7) is 3.66. The first-order valence-electron chi connectivity index (χ1n) is 4.18. The molecule has 11 heavy (non-hydrogen) atoms. The van der Waals surface area contributed by atoms with Crippen molar-refractivity contribution in [3.05, 3.63) is 0 Å². The second-order valence-electron chi connectivity index (χ2n) is 3.45. The molecule has 0 aromatic carbocycles. The number of ether oxygens (including phenoxy) is 1. The van der Waals surface area contributed by atoms with E-state index in [-0.39, 0.29) is 17.9 Å². The molecule has 0 radical (unpaired) electrons. The van der Waals surface area contributed by atoms with Crippen LogP contribution >= 0.6 is 0 Å². The van der Waals surface area contributed by atoms with Crippen LogP contribution in [0.25, 0.3) is 0 Å². The van der Waals surface area contributed by atoms with Gasteiger partial charge in [0.05, 0.1) is 12.0 Å². The van der Waals surface area contributed by atoms with Crippen LogP contribution in [-0.2, 0) is 9.53 Å². The summed E-state index contributed by atoms with van der Waals surface area (Å²) >= 11 is 0. The van der Waals surface area contributed by atoms with Crippen molar-refractivity contribution in [2.45, 2.75) is 19.4 Å². The summed E-state index contributed by atoms with van der Waals surface area (Å²) in [5, 5.41) is 2.88. The number of rotatable bonds is 0. The highest BCUT2D eigenvalue weighted by molar-refractivity contribution is 5.80. The van der Waals surface area contributed by atoms with E-state index in [4.69, 9.17) is 4.74 Å². The van der Waals surface area contributed by atoms with Gasteiger partial charge in [-0.2, -0.15) is 0 Å². The molecule has 0 saturated carbocycles.